The highest BCUT2D eigenvalue weighted by molar-refractivity contribution is 5.75. The molecule has 0 fully saturated rings. The van der Waals surface area contributed by atoms with Crippen LogP contribution in [0.3, 0.4) is 0 Å². The molecule has 0 aromatic rings. The average molecular weight is 212 g/mol. The highest BCUT2D eigenvalue weighted by atomic mass is 16.1. The van der Waals surface area contributed by atoms with Gasteiger partial charge in [0.2, 0.25) is 0 Å². The highest BCUT2D eigenvalue weighted by Gasteiger charge is 1.98. The first-order valence-electron chi connectivity index (χ1n) is 6.66. The van der Waals surface area contributed by atoms with Crippen molar-refractivity contribution in [2.24, 2.45) is 5.92 Å². The van der Waals surface area contributed by atoms with Gasteiger partial charge in [-0.15, -0.1) is 0 Å². The molecule has 0 aliphatic carbocycles. The minimum Gasteiger partial charge on any atom is -0.300 e. The van der Waals surface area contributed by atoms with E-state index in [1.165, 1.54) is 44.9 Å². The quantitative estimate of drug-likeness (QED) is 0.478. The van der Waals surface area contributed by atoms with E-state index in [2.05, 4.69) is 13.8 Å². The monoisotopic (exact) mass is 212 g/mol. The minimum atomic E-state index is 0.340. The van der Waals surface area contributed by atoms with Crippen LogP contribution >= 0.6 is 0 Å². The van der Waals surface area contributed by atoms with Gasteiger partial charge in [-0.3, -0.25) is 0 Å². The maximum atomic E-state index is 10.7. The molecule has 1 nitrogen and oxygen atoms in total. The summed E-state index contributed by atoms with van der Waals surface area (Å²) in [5.74, 6) is 1.24. The van der Waals surface area contributed by atoms with Gasteiger partial charge in [-0.25, -0.2) is 0 Å². The van der Waals surface area contributed by atoms with Gasteiger partial charge in [0.1, 0.15) is 5.78 Å². The second-order valence-corrected chi connectivity index (χ2v) is 4.88. The Kier molecular flexibility index (Phi) is 9.97. The van der Waals surface area contributed by atoms with Crippen molar-refractivity contribution in [3.63, 3.8) is 0 Å². The Balaban J connectivity index is 3.02. The van der Waals surface area contributed by atoms with E-state index in [1.54, 1.807) is 6.92 Å². The Morgan fingerprint density at radius 2 is 1.53 bits per heavy atom. The van der Waals surface area contributed by atoms with Crippen LogP contribution in [-0.4, -0.2) is 5.78 Å². The van der Waals surface area contributed by atoms with Crippen molar-refractivity contribution >= 4 is 5.78 Å². The van der Waals surface area contributed by atoms with Crippen LogP contribution in [0.2, 0.25) is 0 Å². The van der Waals surface area contributed by atoms with Crippen molar-refractivity contribution in [3.05, 3.63) is 0 Å². The molecule has 0 saturated carbocycles. The molecule has 0 amide bonds. The number of ketones is 1. The van der Waals surface area contributed by atoms with E-state index in [0.29, 0.717) is 5.78 Å². The number of hydrogen-bond donors (Lipinski definition) is 0. The lowest BCUT2D eigenvalue weighted by Crippen LogP contribution is -1.92. The maximum absolute atomic E-state index is 10.7. The molecule has 0 aromatic carbocycles. The molecule has 0 unspecified atom stereocenters. The van der Waals surface area contributed by atoms with Gasteiger partial charge in [-0.1, -0.05) is 58.8 Å². The van der Waals surface area contributed by atoms with Crippen molar-refractivity contribution in [2.45, 2.75) is 78.6 Å². The van der Waals surface area contributed by atoms with Gasteiger partial charge in [0.15, 0.2) is 0 Å². The third-order valence-electron chi connectivity index (χ3n) is 3.17. The summed E-state index contributed by atoms with van der Waals surface area (Å²) in [4.78, 5) is 10.7. The second-order valence-electron chi connectivity index (χ2n) is 4.88. The first kappa shape index (κ1) is 14.7. The Hall–Kier alpha value is -0.330. The normalized spacial score (nSPS) is 12.7. The van der Waals surface area contributed by atoms with E-state index in [9.17, 15) is 4.79 Å². The van der Waals surface area contributed by atoms with E-state index in [4.69, 9.17) is 0 Å². The third-order valence-corrected chi connectivity index (χ3v) is 3.17. The second kappa shape index (κ2) is 10.2. The van der Waals surface area contributed by atoms with Gasteiger partial charge >= 0.3 is 0 Å². The molecule has 0 heterocycles. The lowest BCUT2D eigenvalue weighted by molar-refractivity contribution is -0.117. The van der Waals surface area contributed by atoms with Gasteiger partial charge in [-0.2, -0.15) is 0 Å². The maximum Gasteiger partial charge on any atom is 0.129 e. The highest BCUT2D eigenvalue weighted by Crippen LogP contribution is 2.14. The number of carbonyl (C=O) groups excluding carboxylic acids is 1. The molecule has 0 aliphatic rings. The van der Waals surface area contributed by atoms with Crippen LogP contribution in [0, 0.1) is 5.92 Å². The Morgan fingerprint density at radius 1 is 1.00 bits per heavy atom. The molecule has 15 heavy (non-hydrogen) atoms. The first-order valence-corrected chi connectivity index (χ1v) is 6.66. The molecular formula is C14H28O. The van der Waals surface area contributed by atoms with Crippen LogP contribution in [0.1, 0.15) is 78.6 Å². The zero-order valence-electron chi connectivity index (χ0n) is 10.8. The van der Waals surface area contributed by atoms with E-state index >= 15 is 0 Å². The Labute approximate surface area is 95.6 Å². The third kappa shape index (κ3) is 11.6. The lowest BCUT2D eigenvalue weighted by Gasteiger charge is -2.07. The van der Waals surface area contributed by atoms with Crippen molar-refractivity contribution < 1.29 is 4.79 Å². The van der Waals surface area contributed by atoms with Crippen LogP contribution < -0.4 is 0 Å². The van der Waals surface area contributed by atoms with Crippen molar-refractivity contribution in [1.29, 1.82) is 0 Å². The number of carbonyl (C=O) groups is 1. The average Bonchev–Trinajstić information content (AvgIpc) is 2.21. The summed E-state index contributed by atoms with van der Waals surface area (Å²) >= 11 is 0. The van der Waals surface area contributed by atoms with Crippen LogP contribution in [0.15, 0.2) is 0 Å². The fourth-order valence-corrected chi connectivity index (χ4v) is 1.78. The van der Waals surface area contributed by atoms with E-state index in [0.717, 1.165) is 18.8 Å². The molecule has 1 atom stereocenters. The molecule has 0 N–H and O–H groups in total. The predicted octanol–water partition coefficient (Wildman–Crippen LogP) is 4.74. The largest absolute Gasteiger partial charge is 0.300 e. The summed E-state index contributed by atoms with van der Waals surface area (Å²) in [6, 6.07) is 0. The van der Waals surface area contributed by atoms with Gasteiger partial charge in [0, 0.05) is 6.42 Å². The summed E-state index contributed by atoms with van der Waals surface area (Å²) in [5.41, 5.74) is 0. The first-order chi connectivity index (χ1) is 7.16. The molecule has 0 bridgehead atoms. The molecular weight excluding hydrogens is 184 g/mol. The van der Waals surface area contributed by atoms with Crippen molar-refractivity contribution in [3.8, 4) is 0 Å². The molecule has 90 valence electrons. The molecule has 0 spiro atoms. The molecule has 0 rings (SSSR count). The molecule has 1 heteroatoms. The molecule has 0 aliphatic heterocycles. The van der Waals surface area contributed by atoms with Crippen LogP contribution in [0.25, 0.3) is 0 Å². The van der Waals surface area contributed by atoms with Crippen LogP contribution in [-0.2, 0) is 4.79 Å². The van der Waals surface area contributed by atoms with E-state index in [1.807, 2.05) is 0 Å². The minimum absolute atomic E-state index is 0.340. The van der Waals surface area contributed by atoms with Gasteiger partial charge in [0.25, 0.3) is 0 Å². The fraction of sp³-hybridized carbons (Fsp3) is 0.929. The number of hydrogen-bond acceptors (Lipinski definition) is 1. The standard InChI is InChI=1S/C14H28O/c1-4-13(2)11-9-7-5-6-8-10-12-14(3)15/h13H,4-12H2,1-3H3/t13-/m0/s1. The van der Waals surface area contributed by atoms with Crippen LogP contribution in [0.4, 0.5) is 0 Å². The zero-order valence-corrected chi connectivity index (χ0v) is 10.8. The molecule has 0 aromatic heterocycles. The molecule has 0 radical (unpaired) electrons. The zero-order chi connectivity index (χ0) is 11.5. The summed E-state index contributed by atoms with van der Waals surface area (Å²) < 4.78 is 0. The predicted molar refractivity (Wildman–Crippen MR) is 67.1 cm³/mol. The summed E-state index contributed by atoms with van der Waals surface area (Å²) in [6.45, 7) is 6.30. The summed E-state index contributed by atoms with van der Waals surface area (Å²) in [5, 5.41) is 0. The SMILES string of the molecule is CC[C@H](C)CCCCCCCCC(C)=O. The van der Waals surface area contributed by atoms with Crippen molar-refractivity contribution in [2.75, 3.05) is 0 Å². The van der Waals surface area contributed by atoms with Gasteiger partial charge in [0.05, 0.1) is 0 Å². The topological polar surface area (TPSA) is 17.1 Å². The fourth-order valence-electron chi connectivity index (χ4n) is 1.78. The van der Waals surface area contributed by atoms with E-state index < -0.39 is 0 Å². The number of Topliss-reactive ketones (excluding diaryl/α,β-unsaturated/α-hetero) is 1. The number of rotatable bonds is 10. The summed E-state index contributed by atoms with van der Waals surface area (Å²) in [7, 11) is 0. The van der Waals surface area contributed by atoms with E-state index in [-0.39, 0.29) is 0 Å². The lowest BCUT2D eigenvalue weighted by atomic mass is 10.00. The Morgan fingerprint density at radius 3 is 2.07 bits per heavy atom. The smallest absolute Gasteiger partial charge is 0.129 e. The van der Waals surface area contributed by atoms with Gasteiger partial charge < -0.3 is 4.79 Å². The van der Waals surface area contributed by atoms with Gasteiger partial charge in [-0.05, 0) is 19.3 Å². The van der Waals surface area contributed by atoms with Crippen LogP contribution in [0.5, 0.6) is 0 Å². The molecule has 0 saturated heterocycles. The Bertz CT molecular complexity index is 151. The summed E-state index contributed by atoms with van der Waals surface area (Å²) in [6.07, 6.45) is 11.3. The van der Waals surface area contributed by atoms with Crippen molar-refractivity contribution in [1.82, 2.24) is 0 Å². The number of unbranched alkanes of at least 4 members (excludes halogenated alkanes) is 5.